The van der Waals surface area contributed by atoms with Gasteiger partial charge in [0.05, 0.1) is 23.8 Å². The highest BCUT2D eigenvalue weighted by Gasteiger charge is 2.47. The second-order valence-corrected chi connectivity index (χ2v) is 8.17. The van der Waals surface area contributed by atoms with Gasteiger partial charge in [-0.05, 0) is 24.1 Å². The molecule has 2 N–H and O–H groups in total. The summed E-state index contributed by atoms with van der Waals surface area (Å²) < 4.78 is 72.6. The Hall–Kier alpha value is -3.57. The summed E-state index contributed by atoms with van der Waals surface area (Å²) >= 11 is 0. The van der Waals surface area contributed by atoms with Crippen molar-refractivity contribution in [2.75, 3.05) is 20.2 Å². The van der Waals surface area contributed by atoms with E-state index in [2.05, 4.69) is 15.3 Å². The van der Waals surface area contributed by atoms with Crippen molar-refractivity contribution in [3.63, 3.8) is 0 Å². The second-order valence-electron chi connectivity index (χ2n) is 8.17. The third-order valence-corrected chi connectivity index (χ3v) is 5.52. The van der Waals surface area contributed by atoms with Crippen molar-refractivity contribution in [2.45, 2.75) is 31.5 Å². The Labute approximate surface area is 198 Å². The van der Waals surface area contributed by atoms with E-state index in [-0.39, 0.29) is 18.1 Å². The molecule has 2 atom stereocenters. The number of amides is 1. The first-order valence-electron chi connectivity index (χ1n) is 10.7. The molecular formula is C23H24F5N5O2. The lowest BCUT2D eigenvalue weighted by atomic mass is 9.88. The summed E-state index contributed by atoms with van der Waals surface area (Å²) in [6, 6.07) is 5.84. The van der Waals surface area contributed by atoms with Gasteiger partial charge in [0.2, 0.25) is 5.88 Å². The number of hydrogen-bond acceptors (Lipinski definition) is 6. The van der Waals surface area contributed by atoms with Gasteiger partial charge in [-0.15, -0.1) is 0 Å². The van der Waals surface area contributed by atoms with E-state index in [1.807, 2.05) is 0 Å². The van der Waals surface area contributed by atoms with Crippen molar-refractivity contribution in [1.82, 2.24) is 20.2 Å². The lowest BCUT2D eigenvalue weighted by molar-refractivity contribution is -0.148. The van der Waals surface area contributed by atoms with E-state index in [1.165, 1.54) is 19.3 Å². The van der Waals surface area contributed by atoms with Gasteiger partial charge in [0, 0.05) is 43.7 Å². The summed E-state index contributed by atoms with van der Waals surface area (Å²) in [4.78, 5) is 21.9. The second kappa shape index (κ2) is 10.4. The van der Waals surface area contributed by atoms with Crippen LogP contribution >= 0.6 is 0 Å². The van der Waals surface area contributed by atoms with Crippen LogP contribution in [0.3, 0.4) is 0 Å². The lowest BCUT2D eigenvalue weighted by Crippen LogP contribution is -2.58. The Morgan fingerprint density at radius 2 is 2.03 bits per heavy atom. The molecule has 0 unspecified atom stereocenters. The molecule has 188 valence electrons. The number of nitrogens with one attached hydrogen (secondary N) is 2. The van der Waals surface area contributed by atoms with E-state index < -0.39 is 54.2 Å². The van der Waals surface area contributed by atoms with Gasteiger partial charge in [-0.2, -0.15) is 13.2 Å². The zero-order chi connectivity index (χ0) is 25.8. The first-order valence-corrected chi connectivity index (χ1v) is 10.7. The molecule has 2 aromatic heterocycles. The predicted octanol–water partition coefficient (Wildman–Crippen LogP) is 4.03. The largest absolute Gasteiger partial charge is 0.475 e. The van der Waals surface area contributed by atoms with E-state index in [1.54, 1.807) is 25.2 Å². The average molecular weight is 497 g/mol. The normalized spacial score (nSPS) is 20.3. The fraction of sp³-hybridized carbons (Fsp3) is 0.391. The summed E-state index contributed by atoms with van der Waals surface area (Å²) in [6.07, 6.45) is -1.62. The minimum absolute atomic E-state index is 0.115. The van der Waals surface area contributed by atoms with E-state index in [4.69, 9.17) is 10.1 Å². The van der Waals surface area contributed by atoms with E-state index >= 15 is 0 Å². The summed E-state index contributed by atoms with van der Waals surface area (Å²) in [5.41, 5.74) is -1.08. The number of rotatable bonds is 7. The molecule has 3 heterocycles. The van der Waals surface area contributed by atoms with Gasteiger partial charge >= 0.3 is 6.18 Å². The maximum absolute atomic E-state index is 14.4. The zero-order valence-corrected chi connectivity index (χ0v) is 18.9. The molecule has 7 nitrogen and oxygen atoms in total. The minimum Gasteiger partial charge on any atom is -0.475 e. The van der Waals surface area contributed by atoms with E-state index in [9.17, 15) is 26.7 Å². The molecule has 0 bridgehead atoms. The van der Waals surface area contributed by atoms with Crippen molar-refractivity contribution < 1.29 is 31.5 Å². The Morgan fingerprint density at radius 1 is 1.29 bits per heavy atom. The van der Waals surface area contributed by atoms with Crippen LogP contribution in [0.15, 0.2) is 48.9 Å². The van der Waals surface area contributed by atoms with E-state index in [0.717, 1.165) is 17.0 Å². The van der Waals surface area contributed by atoms with Gasteiger partial charge in [0.1, 0.15) is 12.3 Å². The molecule has 0 aliphatic carbocycles. The molecule has 0 aromatic carbocycles. The zero-order valence-electron chi connectivity index (χ0n) is 18.9. The van der Waals surface area contributed by atoms with Gasteiger partial charge in [0.25, 0.3) is 11.8 Å². The number of pyridine rings is 2. The van der Waals surface area contributed by atoms with Crippen molar-refractivity contribution in [3.8, 4) is 5.88 Å². The first kappa shape index (κ1) is 26.0. The van der Waals surface area contributed by atoms with Crippen LogP contribution in [0.25, 0.3) is 5.57 Å². The van der Waals surface area contributed by atoms with Gasteiger partial charge in [-0.25, -0.2) is 13.8 Å². The van der Waals surface area contributed by atoms with Gasteiger partial charge in [-0.1, -0.05) is 13.0 Å². The number of ether oxygens (including phenoxy) is 1. The molecular weight excluding hydrogens is 473 g/mol. The number of nitrogens with zero attached hydrogens (tertiary/aromatic N) is 3. The Balaban J connectivity index is 1.83. The summed E-state index contributed by atoms with van der Waals surface area (Å²) in [6.45, 7) is 0.305. The number of aromatic nitrogens is 2. The van der Waals surface area contributed by atoms with Crippen LogP contribution in [-0.2, 0) is 11.0 Å². The smallest absolute Gasteiger partial charge is 0.417 e. The highest BCUT2D eigenvalue weighted by molar-refractivity contribution is 6.54. The average Bonchev–Trinajstić information content (AvgIpc) is 2.80. The monoisotopic (exact) mass is 497 g/mol. The fourth-order valence-corrected chi connectivity index (χ4v) is 3.83. The van der Waals surface area contributed by atoms with Gasteiger partial charge in [0.15, 0.2) is 0 Å². The van der Waals surface area contributed by atoms with Crippen LogP contribution in [0.1, 0.15) is 24.6 Å². The maximum Gasteiger partial charge on any atom is 0.417 e. The first-order chi connectivity index (χ1) is 16.4. The molecule has 3 rings (SSSR count). The van der Waals surface area contributed by atoms with Crippen LogP contribution in [-0.4, -0.2) is 58.7 Å². The van der Waals surface area contributed by atoms with Crippen molar-refractivity contribution in [3.05, 3.63) is 60.2 Å². The quantitative estimate of drug-likeness (QED) is 0.445. The summed E-state index contributed by atoms with van der Waals surface area (Å²) in [5.74, 6) is -5.00. The topological polar surface area (TPSA) is 91.2 Å². The maximum atomic E-state index is 14.4. The highest BCUT2D eigenvalue weighted by atomic mass is 19.4. The molecule has 2 aromatic rings. The van der Waals surface area contributed by atoms with E-state index in [0.29, 0.717) is 11.9 Å². The standard InChI is InChI=1S/C23H24F5N5O2/c1-14-9-22(24,25)13-33(18(14)12-35-19-7-6-15(10-32-19)23(26,27)28)21(34)20(29)16(11-30-2)17-5-3-4-8-31-17/h3-8,10-11,14,18,29-30H,9,12-13H2,1-2H3/b16-11-,29-20?/t14-,18-/m1/s1. The number of carbonyl (C=O) groups excluding carboxylic acids is 1. The molecule has 1 aliphatic rings. The third kappa shape index (κ3) is 6.31. The Kier molecular flexibility index (Phi) is 7.71. The number of carbonyl (C=O) groups is 1. The van der Waals surface area contributed by atoms with Gasteiger partial charge in [-0.3, -0.25) is 15.2 Å². The number of alkyl halides is 5. The third-order valence-electron chi connectivity index (χ3n) is 5.52. The van der Waals surface area contributed by atoms with Gasteiger partial charge < -0.3 is 15.0 Å². The molecule has 12 heteroatoms. The molecule has 1 aliphatic heterocycles. The van der Waals surface area contributed by atoms with Crippen LogP contribution in [0, 0.1) is 11.3 Å². The molecule has 35 heavy (non-hydrogen) atoms. The molecule has 0 spiro atoms. The molecule has 1 amide bonds. The molecule has 0 radical (unpaired) electrons. The highest BCUT2D eigenvalue weighted by Crippen LogP contribution is 2.35. The number of piperidine rings is 1. The predicted molar refractivity (Wildman–Crippen MR) is 118 cm³/mol. The van der Waals surface area contributed by atoms with Crippen molar-refractivity contribution in [1.29, 1.82) is 5.41 Å². The Bertz CT molecular complexity index is 1070. The van der Waals surface area contributed by atoms with Crippen LogP contribution in [0.4, 0.5) is 22.0 Å². The lowest BCUT2D eigenvalue weighted by Gasteiger charge is -2.43. The number of hydrogen-bond donors (Lipinski definition) is 2. The summed E-state index contributed by atoms with van der Waals surface area (Å²) in [5, 5.41) is 11.2. The Morgan fingerprint density at radius 3 is 2.60 bits per heavy atom. The van der Waals surface area contributed by atoms with Crippen molar-refractivity contribution >= 4 is 17.2 Å². The number of halogens is 5. The number of likely N-dealkylation sites (tertiary alicyclic amines) is 1. The minimum atomic E-state index is -4.56. The fourth-order valence-electron chi connectivity index (χ4n) is 3.83. The van der Waals surface area contributed by atoms with Crippen LogP contribution < -0.4 is 10.1 Å². The summed E-state index contributed by atoms with van der Waals surface area (Å²) in [7, 11) is 1.56. The van der Waals surface area contributed by atoms with Crippen LogP contribution in [0.5, 0.6) is 5.88 Å². The molecule has 1 saturated heterocycles. The SMILES string of the molecule is CN/C=C(\C(=N)C(=O)N1CC(F)(F)C[C@@H](C)[C@H]1COc1ccc(C(F)(F)F)cn1)c1ccccn1. The van der Waals surface area contributed by atoms with Crippen LogP contribution in [0.2, 0.25) is 0 Å². The molecule has 1 fully saturated rings. The van der Waals surface area contributed by atoms with Crippen molar-refractivity contribution in [2.24, 2.45) is 5.92 Å². The molecule has 0 saturated carbocycles.